The van der Waals surface area contributed by atoms with E-state index in [1.807, 2.05) is 0 Å². The molecule has 2 atom stereocenters. The van der Waals surface area contributed by atoms with Gasteiger partial charge in [-0.05, 0) is 13.8 Å². The Kier molecular flexibility index (Phi) is 2.78. The molecule has 1 saturated heterocycles. The topological polar surface area (TPSA) is 94.6 Å². The molecule has 0 N–H and O–H groups in total. The van der Waals surface area contributed by atoms with E-state index >= 15 is 0 Å². The summed E-state index contributed by atoms with van der Waals surface area (Å²) in [6, 6.07) is 0. The van der Waals surface area contributed by atoms with Crippen molar-refractivity contribution in [3.8, 4) is 0 Å². The van der Waals surface area contributed by atoms with Gasteiger partial charge < -0.3 is 4.74 Å². The Bertz CT molecular complexity index is 346. The molecule has 15 heavy (non-hydrogen) atoms. The van der Waals surface area contributed by atoms with Crippen molar-refractivity contribution in [2.24, 2.45) is 11.8 Å². The van der Waals surface area contributed by atoms with Crippen LogP contribution >= 0.6 is 0 Å². The van der Waals surface area contributed by atoms with Gasteiger partial charge in [-0.2, -0.15) is 0 Å². The number of carbonyl (C=O) groups excluding carboxylic acids is 5. The van der Waals surface area contributed by atoms with E-state index in [1.54, 1.807) is 0 Å². The van der Waals surface area contributed by atoms with E-state index < -0.39 is 41.1 Å². The number of Topliss-reactive ketones (excluding diaryl/α,β-unsaturated/α-hetero) is 3. The molecular weight excluding hydrogens is 204 g/mol. The van der Waals surface area contributed by atoms with E-state index in [-0.39, 0.29) is 0 Å². The van der Waals surface area contributed by atoms with Crippen LogP contribution in [0.25, 0.3) is 0 Å². The average molecular weight is 212 g/mol. The zero-order valence-electron chi connectivity index (χ0n) is 8.10. The van der Waals surface area contributed by atoms with Crippen LogP contribution in [-0.4, -0.2) is 29.3 Å². The Morgan fingerprint density at radius 2 is 1.27 bits per heavy atom. The van der Waals surface area contributed by atoms with E-state index in [2.05, 4.69) is 4.74 Å². The minimum Gasteiger partial charge on any atom is -0.391 e. The van der Waals surface area contributed by atoms with Crippen LogP contribution in [0.3, 0.4) is 0 Å². The van der Waals surface area contributed by atoms with Crippen molar-refractivity contribution in [2.45, 2.75) is 13.8 Å². The highest BCUT2D eigenvalue weighted by Crippen LogP contribution is 2.20. The molecule has 80 valence electrons. The molecule has 0 bridgehead atoms. The van der Waals surface area contributed by atoms with Crippen molar-refractivity contribution >= 4 is 29.3 Å². The molecule has 1 fully saturated rings. The third-order valence-corrected chi connectivity index (χ3v) is 2.05. The Labute approximate surface area is 84.6 Å². The highest BCUT2D eigenvalue weighted by atomic mass is 16.6. The minimum atomic E-state index is -1.64. The summed E-state index contributed by atoms with van der Waals surface area (Å²) in [5, 5.41) is 0. The fourth-order valence-corrected chi connectivity index (χ4v) is 1.35. The van der Waals surface area contributed by atoms with Gasteiger partial charge in [0.1, 0.15) is 0 Å². The number of ketones is 3. The van der Waals surface area contributed by atoms with E-state index in [4.69, 9.17) is 0 Å². The number of ether oxygens (including phenoxy) is 1. The van der Waals surface area contributed by atoms with Gasteiger partial charge >= 0.3 is 11.9 Å². The molecule has 0 aromatic rings. The molecule has 0 aliphatic carbocycles. The second kappa shape index (κ2) is 3.72. The third kappa shape index (κ3) is 1.83. The Morgan fingerprint density at radius 1 is 0.933 bits per heavy atom. The zero-order chi connectivity index (χ0) is 11.7. The molecule has 1 heterocycles. The standard InChI is InChI=1S/C9H8O6/c1-3(10)5-7(12)6(4(2)11)9(14)15-8(5)13/h5-6H,1-2H3. The summed E-state index contributed by atoms with van der Waals surface area (Å²) in [4.78, 5) is 55.4. The molecule has 6 nitrogen and oxygen atoms in total. The van der Waals surface area contributed by atoms with Gasteiger partial charge in [0.05, 0.1) is 0 Å². The van der Waals surface area contributed by atoms with Crippen LogP contribution in [-0.2, 0) is 28.7 Å². The molecule has 0 aromatic heterocycles. The van der Waals surface area contributed by atoms with Gasteiger partial charge in [0, 0.05) is 0 Å². The lowest BCUT2D eigenvalue weighted by molar-refractivity contribution is -0.174. The molecule has 1 aliphatic heterocycles. The maximum atomic E-state index is 11.5. The number of rotatable bonds is 2. The van der Waals surface area contributed by atoms with Crippen molar-refractivity contribution in [3.05, 3.63) is 0 Å². The monoisotopic (exact) mass is 212 g/mol. The Hall–Kier alpha value is -1.85. The number of carbonyl (C=O) groups is 5. The normalized spacial score (nSPS) is 26.1. The van der Waals surface area contributed by atoms with Gasteiger partial charge in [0.15, 0.2) is 29.2 Å². The predicted molar refractivity (Wildman–Crippen MR) is 44.4 cm³/mol. The van der Waals surface area contributed by atoms with E-state index in [0.29, 0.717) is 0 Å². The number of esters is 2. The molecule has 0 saturated carbocycles. The molecular formula is C9H8O6. The van der Waals surface area contributed by atoms with Gasteiger partial charge in [-0.1, -0.05) is 0 Å². The van der Waals surface area contributed by atoms with Crippen LogP contribution in [0, 0.1) is 11.8 Å². The lowest BCUT2D eigenvalue weighted by Crippen LogP contribution is -2.48. The summed E-state index contributed by atoms with van der Waals surface area (Å²) >= 11 is 0. The van der Waals surface area contributed by atoms with Gasteiger partial charge in [-0.15, -0.1) is 0 Å². The smallest absolute Gasteiger partial charge is 0.331 e. The van der Waals surface area contributed by atoms with Gasteiger partial charge in [-0.25, -0.2) is 0 Å². The zero-order valence-corrected chi connectivity index (χ0v) is 8.10. The summed E-state index contributed by atoms with van der Waals surface area (Å²) in [5.41, 5.74) is 0. The van der Waals surface area contributed by atoms with Crippen molar-refractivity contribution in [1.82, 2.24) is 0 Å². The number of hydrogen-bond acceptors (Lipinski definition) is 6. The van der Waals surface area contributed by atoms with E-state index in [9.17, 15) is 24.0 Å². The lowest BCUT2D eigenvalue weighted by Gasteiger charge is -2.21. The second-order valence-electron chi connectivity index (χ2n) is 3.23. The first-order valence-corrected chi connectivity index (χ1v) is 4.16. The van der Waals surface area contributed by atoms with E-state index in [1.165, 1.54) is 0 Å². The van der Waals surface area contributed by atoms with Crippen LogP contribution in [0.5, 0.6) is 0 Å². The minimum absolute atomic E-state index is 0.733. The summed E-state index contributed by atoms with van der Waals surface area (Å²) in [7, 11) is 0. The van der Waals surface area contributed by atoms with Crippen LogP contribution in [0.4, 0.5) is 0 Å². The first kappa shape index (κ1) is 11.2. The van der Waals surface area contributed by atoms with Crippen LogP contribution < -0.4 is 0 Å². The molecule has 6 heteroatoms. The van der Waals surface area contributed by atoms with Crippen LogP contribution in [0.2, 0.25) is 0 Å². The van der Waals surface area contributed by atoms with Crippen molar-refractivity contribution in [2.75, 3.05) is 0 Å². The molecule has 1 rings (SSSR count). The predicted octanol–water partition coefficient (Wildman–Crippen LogP) is -0.951. The Balaban J connectivity index is 3.10. The summed E-state index contributed by atoms with van der Waals surface area (Å²) in [5.74, 6) is -8.14. The Morgan fingerprint density at radius 3 is 1.53 bits per heavy atom. The second-order valence-corrected chi connectivity index (χ2v) is 3.23. The van der Waals surface area contributed by atoms with Gasteiger partial charge in [0.2, 0.25) is 0 Å². The van der Waals surface area contributed by atoms with Crippen molar-refractivity contribution in [1.29, 1.82) is 0 Å². The fourth-order valence-electron chi connectivity index (χ4n) is 1.35. The molecule has 1 aliphatic rings. The maximum Gasteiger partial charge on any atom is 0.331 e. The fraction of sp³-hybridized carbons (Fsp3) is 0.444. The molecule has 0 spiro atoms. The largest absolute Gasteiger partial charge is 0.391 e. The summed E-state index contributed by atoms with van der Waals surface area (Å²) in [6.45, 7) is 2.05. The SMILES string of the molecule is CC(=O)C1C(=O)OC(=O)C(C(C)=O)C1=O. The lowest BCUT2D eigenvalue weighted by atomic mass is 9.86. The first-order valence-electron chi connectivity index (χ1n) is 4.16. The van der Waals surface area contributed by atoms with Gasteiger partial charge in [0.25, 0.3) is 0 Å². The molecule has 0 aromatic carbocycles. The van der Waals surface area contributed by atoms with E-state index in [0.717, 1.165) is 13.8 Å². The van der Waals surface area contributed by atoms with Crippen molar-refractivity contribution in [3.63, 3.8) is 0 Å². The number of hydrogen-bond donors (Lipinski definition) is 0. The average Bonchev–Trinajstić information content (AvgIpc) is 1.99. The molecule has 2 unspecified atom stereocenters. The molecule has 0 amide bonds. The third-order valence-electron chi connectivity index (χ3n) is 2.05. The van der Waals surface area contributed by atoms with Crippen LogP contribution in [0.15, 0.2) is 0 Å². The molecule has 0 radical (unpaired) electrons. The first-order chi connectivity index (χ1) is 6.86. The van der Waals surface area contributed by atoms with Gasteiger partial charge in [-0.3, -0.25) is 24.0 Å². The quantitative estimate of drug-likeness (QED) is 0.432. The number of cyclic esters (lactones) is 2. The summed E-state index contributed by atoms with van der Waals surface area (Å²) in [6.07, 6.45) is 0. The highest BCUT2D eigenvalue weighted by molar-refractivity contribution is 6.31. The maximum absolute atomic E-state index is 11.5. The highest BCUT2D eigenvalue weighted by Gasteiger charge is 2.49. The van der Waals surface area contributed by atoms with Crippen molar-refractivity contribution < 1.29 is 28.7 Å². The van der Waals surface area contributed by atoms with Crippen LogP contribution in [0.1, 0.15) is 13.8 Å². The summed E-state index contributed by atoms with van der Waals surface area (Å²) < 4.78 is 4.16.